The van der Waals surface area contributed by atoms with Crippen molar-refractivity contribution in [2.45, 2.75) is 0 Å². The highest BCUT2D eigenvalue weighted by molar-refractivity contribution is 6.48. The van der Waals surface area contributed by atoms with Crippen LogP contribution in [0.3, 0.4) is 0 Å². The standard InChI is InChI=1S/C11H9Cl3N2O2/c1-2-3-15-10(17)11(18)16-6-4-7(12)9(14)8(13)5-6/h2,4-5H,1,3H2,(H,15,17)(H,16,18). The van der Waals surface area contributed by atoms with Crippen LogP contribution in [0, 0.1) is 0 Å². The first kappa shape index (κ1) is 14.8. The quantitative estimate of drug-likeness (QED) is 0.512. The van der Waals surface area contributed by atoms with E-state index in [1.807, 2.05) is 0 Å². The Kier molecular flexibility index (Phi) is 5.47. The van der Waals surface area contributed by atoms with Crippen molar-refractivity contribution in [3.05, 3.63) is 39.9 Å². The Labute approximate surface area is 119 Å². The number of rotatable bonds is 3. The van der Waals surface area contributed by atoms with E-state index in [4.69, 9.17) is 34.8 Å². The van der Waals surface area contributed by atoms with E-state index in [0.717, 1.165) is 0 Å². The summed E-state index contributed by atoms with van der Waals surface area (Å²) in [7, 11) is 0. The van der Waals surface area contributed by atoms with Crippen molar-refractivity contribution in [1.29, 1.82) is 0 Å². The average molecular weight is 308 g/mol. The predicted octanol–water partition coefficient (Wildman–Crippen LogP) is 2.89. The molecule has 1 rings (SSSR count). The Hall–Kier alpha value is -1.23. The minimum absolute atomic E-state index is 0.186. The van der Waals surface area contributed by atoms with Crippen LogP contribution in [-0.2, 0) is 9.59 Å². The summed E-state index contributed by atoms with van der Waals surface area (Å²) >= 11 is 17.3. The molecule has 0 atom stereocenters. The Bertz CT molecular complexity index is 480. The molecule has 2 N–H and O–H groups in total. The van der Waals surface area contributed by atoms with Crippen LogP contribution in [0.5, 0.6) is 0 Å². The van der Waals surface area contributed by atoms with Gasteiger partial charge in [-0.05, 0) is 12.1 Å². The molecule has 0 heterocycles. The summed E-state index contributed by atoms with van der Waals surface area (Å²) in [5, 5.41) is 5.24. The van der Waals surface area contributed by atoms with Crippen molar-refractivity contribution < 1.29 is 9.59 Å². The minimum Gasteiger partial charge on any atom is -0.344 e. The number of amides is 2. The molecule has 4 nitrogen and oxygen atoms in total. The van der Waals surface area contributed by atoms with Crippen molar-refractivity contribution in [3.8, 4) is 0 Å². The maximum Gasteiger partial charge on any atom is 0.313 e. The van der Waals surface area contributed by atoms with E-state index < -0.39 is 11.8 Å². The Balaban J connectivity index is 2.76. The van der Waals surface area contributed by atoms with E-state index in [1.165, 1.54) is 18.2 Å². The van der Waals surface area contributed by atoms with Crippen LogP contribution in [0.25, 0.3) is 0 Å². The van der Waals surface area contributed by atoms with Gasteiger partial charge in [-0.15, -0.1) is 6.58 Å². The molecule has 1 aromatic rings. The van der Waals surface area contributed by atoms with Crippen LogP contribution in [0.15, 0.2) is 24.8 Å². The van der Waals surface area contributed by atoms with Crippen molar-refractivity contribution in [2.24, 2.45) is 0 Å². The highest BCUT2D eigenvalue weighted by Gasteiger charge is 2.14. The number of hydrogen-bond acceptors (Lipinski definition) is 2. The van der Waals surface area contributed by atoms with Crippen molar-refractivity contribution in [2.75, 3.05) is 11.9 Å². The molecule has 1 aromatic carbocycles. The summed E-state index contributed by atoms with van der Waals surface area (Å²) < 4.78 is 0. The van der Waals surface area contributed by atoms with E-state index in [-0.39, 0.29) is 27.3 Å². The Morgan fingerprint density at radius 3 is 2.22 bits per heavy atom. The SMILES string of the molecule is C=CCNC(=O)C(=O)Nc1cc(Cl)c(Cl)c(Cl)c1. The summed E-state index contributed by atoms with van der Waals surface area (Å²) in [4.78, 5) is 22.7. The monoisotopic (exact) mass is 306 g/mol. The lowest BCUT2D eigenvalue weighted by Crippen LogP contribution is -2.35. The van der Waals surface area contributed by atoms with Gasteiger partial charge in [0.15, 0.2) is 0 Å². The van der Waals surface area contributed by atoms with Crippen LogP contribution in [-0.4, -0.2) is 18.4 Å². The fourth-order valence-electron chi connectivity index (χ4n) is 1.06. The van der Waals surface area contributed by atoms with Crippen LogP contribution < -0.4 is 10.6 Å². The van der Waals surface area contributed by atoms with Crippen LogP contribution in [0.2, 0.25) is 15.1 Å². The van der Waals surface area contributed by atoms with Gasteiger partial charge in [0.25, 0.3) is 0 Å². The molecule has 7 heteroatoms. The summed E-state index contributed by atoms with van der Waals surface area (Å²) in [6.45, 7) is 3.62. The van der Waals surface area contributed by atoms with Gasteiger partial charge in [-0.3, -0.25) is 9.59 Å². The normalized spacial score (nSPS) is 9.72. The van der Waals surface area contributed by atoms with Crippen LogP contribution in [0.4, 0.5) is 5.69 Å². The molecular weight excluding hydrogens is 298 g/mol. The second-order valence-corrected chi connectivity index (χ2v) is 4.40. The fraction of sp³-hybridized carbons (Fsp3) is 0.0909. The van der Waals surface area contributed by atoms with Gasteiger partial charge in [-0.2, -0.15) is 0 Å². The lowest BCUT2D eigenvalue weighted by atomic mass is 10.3. The minimum atomic E-state index is -0.827. The molecule has 0 saturated carbocycles. The Morgan fingerprint density at radius 1 is 1.17 bits per heavy atom. The van der Waals surface area contributed by atoms with Crippen molar-refractivity contribution in [3.63, 3.8) is 0 Å². The first-order chi connectivity index (χ1) is 8.45. The lowest BCUT2D eigenvalue weighted by molar-refractivity contribution is -0.136. The maximum atomic E-state index is 11.4. The fourth-order valence-corrected chi connectivity index (χ4v) is 1.66. The van der Waals surface area contributed by atoms with Gasteiger partial charge in [0.05, 0.1) is 15.1 Å². The summed E-state index contributed by atoms with van der Waals surface area (Å²) in [6, 6.07) is 2.79. The van der Waals surface area contributed by atoms with E-state index in [1.54, 1.807) is 0 Å². The lowest BCUT2D eigenvalue weighted by Gasteiger charge is -2.07. The third-order valence-electron chi connectivity index (χ3n) is 1.85. The molecule has 0 spiro atoms. The van der Waals surface area contributed by atoms with Crippen LogP contribution >= 0.6 is 34.8 Å². The van der Waals surface area contributed by atoms with Gasteiger partial charge in [0.2, 0.25) is 0 Å². The number of carbonyl (C=O) groups is 2. The number of hydrogen-bond donors (Lipinski definition) is 2. The molecule has 0 saturated heterocycles. The molecule has 0 aliphatic heterocycles. The zero-order valence-electron chi connectivity index (χ0n) is 9.10. The van der Waals surface area contributed by atoms with Crippen molar-refractivity contribution in [1.82, 2.24) is 5.32 Å². The second kappa shape index (κ2) is 6.64. The number of carbonyl (C=O) groups excluding carboxylic acids is 2. The number of benzene rings is 1. The molecular formula is C11H9Cl3N2O2. The van der Waals surface area contributed by atoms with Gasteiger partial charge in [0.1, 0.15) is 0 Å². The third kappa shape index (κ3) is 3.91. The molecule has 96 valence electrons. The molecule has 0 radical (unpaired) electrons. The zero-order valence-corrected chi connectivity index (χ0v) is 11.4. The number of anilines is 1. The summed E-state index contributed by atoms with van der Waals surface area (Å²) in [5.74, 6) is -1.61. The molecule has 0 aromatic heterocycles. The highest BCUT2D eigenvalue weighted by atomic mass is 35.5. The van der Waals surface area contributed by atoms with E-state index >= 15 is 0 Å². The number of halogens is 3. The van der Waals surface area contributed by atoms with Gasteiger partial charge in [-0.1, -0.05) is 40.9 Å². The topological polar surface area (TPSA) is 58.2 Å². The maximum absolute atomic E-state index is 11.4. The van der Waals surface area contributed by atoms with E-state index in [2.05, 4.69) is 17.2 Å². The number of nitrogens with one attached hydrogen (secondary N) is 2. The van der Waals surface area contributed by atoms with Gasteiger partial charge < -0.3 is 10.6 Å². The highest BCUT2D eigenvalue weighted by Crippen LogP contribution is 2.33. The molecule has 2 amide bonds. The van der Waals surface area contributed by atoms with Gasteiger partial charge in [0, 0.05) is 12.2 Å². The summed E-state index contributed by atoms with van der Waals surface area (Å²) in [5.41, 5.74) is 0.285. The van der Waals surface area contributed by atoms with Gasteiger partial charge >= 0.3 is 11.8 Å². The van der Waals surface area contributed by atoms with Gasteiger partial charge in [-0.25, -0.2) is 0 Å². The second-order valence-electron chi connectivity index (χ2n) is 3.21. The largest absolute Gasteiger partial charge is 0.344 e. The Morgan fingerprint density at radius 2 is 1.72 bits per heavy atom. The third-order valence-corrected chi connectivity index (χ3v) is 3.05. The molecule has 0 aliphatic carbocycles. The first-order valence-corrected chi connectivity index (χ1v) is 5.93. The predicted molar refractivity (Wildman–Crippen MR) is 73.3 cm³/mol. The molecule has 0 unspecified atom stereocenters. The van der Waals surface area contributed by atoms with E-state index in [9.17, 15) is 9.59 Å². The average Bonchev–Trinajstić information content (AvgIpc) is 2.32. The molecule has 0 fully saturated rings. The molecule has 0 bridgehead atoms. The summed E-state index contributed by atoms with van der Waals surface area (Å²) in [6.07, 6.45) is 1.46. The zero-order chi connectivity index (χ0) is 13.7. The molecule has 0 aliphatic rings. The first-order valence-electron chi connectivity index (χ1n) is 4.80. The van der Waals surface area contributed by atoms with Crippen molar-refractivity contribution >= 4 is 52.3 Å². The smallest absolute Gasteiger partial charge is 0.313 e. The van der Waals surface area contributed by atoms with Crippen LogP contribution in [0.1, 0.15) is 0 Å². The molecule has 18 heavy (non-hydrogen) atoms. The van der Waals surface area contributed by atoms with E-state index in [0.29, 0.717) is 0 Å².